The minimum atomic E-state index is -0.282. The van der Waals surface area contributed by atoms with Crippen molar-refractivity contribution in [3.05, 3.63) is 52.2 Å². The number of nitrogens with one attached hydrogen (secondary N) is 1. The first-order chi connectivity index (χ1) is 10.7. The summed E-state index contributed by atoms with van der Waals surface area (Å²) in [6.45, 7) is 2.38. The number of aromatic nitrogens is 3. The lowest BCUT2D eigenvalue weighted by molar-refractivity contribution is 0.0917. The van der Waals surface area contributed by atoms with E-state index in [0.717, 1.165) is 15.6 Å². The minimum absolute atomic E-state index is 0.201. The summed E-state index contributed by atoms with van der Waals surface area (Å²) < 4.78 is 5.10. The zero-order valence-corrected chi connectivity index (χ0v) is 12.8. The van der Waals surface area contributed by atoms with Crippen LogP contribution in [-0.2, 0) is 6.42 Å². The second-order valence-corrected chi connectivity index (χ2v) is 5.93. The Labute approximate surface area is 131 Å². The monoisotopic (exact) mass is 314 g/mol. The van der Waals surface area contributed by atoms with E-state index in [0.29, 0.717) is 18.7 Å². The molecule has 2 heterocycles. The van der Waals surface area contributed by atoms with Crippen molar-refractivity contribution in [2.24, 2.45) is 0 Å². The zero-order valence-electron chi connectivity index (χ0n) is 11.9. The fourth-order valence-electron chi connectivity index (χ4n) is 1.94. The third kappa shape index (κ3) is 3.37. The number of benzene rings is 1. The third-order valence-corrected chi connectivity index (χ3v) is 3.89. The molecule has 0 aliphatic carbocycles. The number of hydrogen-bond acceptors (Lipinski definition) is 6. The van der Waals surface area contributed by atoms with Gasteiger partial charge in [-0.2, -0.15) is 0 Å². The Morgan fingerprint density at radius 1 is 1.27 bits per heavy atom. The van der Waals surface area contributed by atoms with Crippen LogP contribution in [-0.4, -0.2) is 27.8 Å². The molecule has 0 radical (unpaired) electrons. The highest BCUT2D eigenvalue weighted by molar-refractivity contribution is 7.11. The molecule has 3 rings (SSSR count). The molecule has 2 aromatic heterocycles. The van der Waals surface area contributed by atoms with Crippen LogP contribution in [0.2, 0.25) is 0 Å². The SMILES string of the molecule is Cc1nnc(CCNC(=O)c2cc(-c3ccccc3)no2)s1. The quantitative estimate of drug-likeness (QED) is 0.782. The summed E-state index contributed by atoms with van der Waals surface area (Å²) in [7, 11) is 0. The summed E-state index contributed by atoms with van der Waals surface area (Å²) in [6.07, 6.45) is 0.650. The van der Waals surface area contributed by atoms with E-state index in [4.69, 9.17) is 4.52 Å². The van der Waals surface area contributed by atoms with Crippen molar-refractivity contribution in [2.45, 2.75) is 13.3 Å². The van der Waals surface area contributed by atoms with E-state index in [2.05, 4.69) is 20.7 Å². The van der Waals surface area contributed by atoms with E-state index >= 15 is 0 Å². The van der Waals surface area contributed by atoms with E-state index in [9.17, 15) is 4.79 Å². The first kappa shape index (κ1) is 14.4. The molecule has 0 unspecified atom stereocenters. The Hall–Kier alpha value is -2.54. The summed E-state index contributed by atoms with van der Waals surface area (Å²) in [5, 5.41) is 16.5. The smallest absolute Gasteiger partial charge is 0.289 e. The van der Waals surface area contributed by atoms with Crippen LogP contribution in [0.25, 0.3) is 11.3 Å². The highest BCUT2D eigenvalue weighted by atomic mass is 32.1. The van der Waals surface area contributed by atoms with Gasteiger partial charge in [-0.1, -0.05) is 35.5 Å². The highest BCUT2D eigenvalue weighted by Crippen LogP contribution is 2.18. The first-order valence-corrected chi connectivity index (χ1v) is 7.63. The molecular weight excluding hydrogens is 300 g/mol. The normalized spacial score (nSPS) is 10.6. The molecule has 22 heavy (non-hydrogen) atoms. The van der Waals surface area contributed by atoms with Crippen molar-refractivity contribution in [1.29, 1.82) is 0 Å². The molecular formula is C15H14N4O2S. The van der Waals surface area contributed by atoms with Gasteiger partial charge in [-0.15, -0.1) is 21.5 Å². The number of carbonyl (C=O) groups excluding carboxylic acids is 1. The molecule has 112 valence electrons. The Bertz CT molecular complexity index is 767. The largest absolute Gasteiger partial charge is 0.350 e. The van der Waals surface area contributed by atoms with Gasteiger partial charge in [-0.05, 0) is 6.92 Å². The summed E-state index contributed by atoms with van der Waals surface area (Å²) in [5.74, 6) is -0.0804. The van der Waals surface area contributed by atoms with Crippen LogP contribution < -0.4 is 5.32 Å². The van der Waals surface area contributed by atoms with Crippen molar-refractivity contribution in [1.82, 2.24) is 20.7 Å². The van der Waals surface area contributed by atoms with E-state index in [-0.39, 0.29) is 11.7 Å². The fraction of sp³-hybridized carbons (Fsp3) is 0.200. The fourth-order valence-corrected chi connectivity index (χ4v) is 2.64. The standard InChI is InChI=1S/C15H14N4O2S/c1-10-17-18-14(22-10)7-8-16-15(20)13-9-12(19-21-13)11-5-3-2-4-6-11/h2-6,9H,7-8H2,1H3,(H,16,20). The Kier molecular flexibility index (Phi) is 4.24. The van der Waals surface area contributed by atoms with Crippen molar-refractivity contribution in [3.8, 4) is 11.3 Å². The summed E-state index contributed by atoms with van der Waals surface area (Å²) in [4.78, 5) is 12.0. The maximum absolute atomic E-state index is 12.0. The molecule has 6 nitrogen and oxygen atoms in total. The van der Waals surface area contributed by atoms with Gasteiger partial charge < -0.3 is 9.84 Å². The van der Waals surface area contributed by atoms with Crippen LogP contribution in [0.1, 0.15) is 20.6 Å². The second-order valence-electron chi connectivity index (χ2n) is 4.66. The van der Waals surface area contributed by atoms with Crippen molar-refractivity contribution in [3.63, 3.8) is 0 Å². The zero-order chi connectivity index (χ0) is 15.4. The molecule has 1 N–H and O–H groups in total. The molecule has 1 amide bonds. The van der Waals surface area contributed by atoms with E-state index < -0.39 is 0 Å². The van der Waals surface area contributed by atoms with Crippen LogP contribution in [0.5, 0.6) is 0 Å². The number of carbonyl (C=O) groups is 1. The maximum atomic E-state index is 12.0. The van der Waals surface area contributed by atoms with Gasteiger partial charge in [0.25, 0.3) is 5.91 Å². The predicted molar refractivity (Wildman–Crippen MR) is 82.6 cm³/mol. The molecule has 0 saturated carbocycles. The minimum Gasteiger partial charge on any atom is -0.350 e. The van der Waals surface area contributed by atoms with Gasteiger partial charge in [0.2, 0.25) is 5.76 Å². The molecule has 0 saturated heterocycles. The van der Waals surface area contributed by atoms with Gasteiger partial charge >= 0.3 is 0 Å². The van der Waals surface area contributed by atoms with Crippen LogP contribution in [0.15, 0.2) is 40.9 Å². The van der Waals surface area contributed by atoms with Crippen LogP contribution >= 0.6 is 11.3 Å². The molecule has 0 aliphatic rings. The molecule has 0 atom stereocenters. The first-order valence-electron chi connectivity index (χ1n) is 6.82. The van der Waals surface area contributed by atoms with Gasteiger partial charge in [-0.25, -0.2) is 0 Å². The lowest BCUT2D eigenvalue weighted by Gasteiger charge is -1.99. The predicted octanol–water partition coefficient (Wildman–Crippen LogP) is 2.47. The van der Waals surface area contributed by atoms with Crippen LogP contribution in [0, 0.1) is 6.92 Å². The van der Waals surface area contributed by atoms with Gasteiger partial charge in [-0.3, -0.25) is 4.79 Å². The number of aryl methyl sites for hydroxylation is 1. The maximum Gasteiger partial charge on any atom is 0.289 e. The Balaban J connectivity index is 1.58. The van der Waals surface area contributed by atoms with Gasteiger partial charge in [0, 0.05) is 24.6 Å². The molecule has 0 fully saturated rings. The van der Waals surface area contributed by atoms with Gasteiger partial charge in [0.05, 0.1) is 0 Å². The highest BCUT2D eigenvalue weighted by Gasteiger charge is 2.13. The number of rotatable bonds is 5. The molecule has 7 heteroatoms. The van der Waals surface area contributed by atoms with Crippen molar-refractivity contribution in [2.75, 3.05) is 6.54 Å². The topological polar surface area (TPSA) is 80.9 Å². The lowest BCUT2D eigenvalue weighted by atomic mass is 10.1. The van der Waals surface area contributed by atoms with Crippen molar-refractivity contribution >= 4 is 17.2 Å². The lowest BCUT2D eigenvalue weighted by Crippen LogP contribution is -2.25. The van der Waals surface area contributed by atoms with Gasteiger partial charge in [0.15, 0.2) is 0 Å². The Morgan fingerprint density at radius 3 is 2.82 bits per heavy atom. The number of amides is 1. The molecule has 1 aromatic carbocycles. The summed E-state index contributed by atoms with van der Waals surface area (Å²) in [6, 6.07) is 11.2. The molecule has 0 bridgehead atoms. The van der Waals surface area contributed by atoms with Crippen LogP contribution in [0.3, 0.4) is 0 Å². The average Bonchev–Trinajstić information content (AvgIpc) is 3.17. The Morgan fingerprint density at radius 2 is 2.09 bits per heavy atom. The molecule has 3 aromatic rings. The van der Waals surface area contributed by atoms with E-state index in [1.165, 1.54) is 11.3 Å². The van der Waals surface area contributed by atoms with Crippen molar-refractivity contribution < 1.29 is 9.32 Å². The number of hydrogen-bond donors (Lipinski definition) is 1. The molecule has 0 aliphatic heterocycles. The summed E-state index contributed by atoms with van der Waals surface area (Å²) in [5.41, 5.74) is 1.56. The molecule has 0 spiro atoms. The van der Waals surface area contributed by atoms with E-state index in [1.807, 2.05) is 37.3 Å². The van der Waals surface area contributed by atoms with Crippen LogP contribution in [0.4, 0.5) is 0 Å². The summed E-state index contributed by atoms with van der Waals surface area (Å²) >= 11 is 1.53. The third-order valence-electron chi connectivity index (χ3n) is 3.00. The van der Waals surface area contributed by atoms with E-state index in [1.54, 1.807) is 6.07 Å². The second kappa shape index (κ2) is 6.48. The average molecular weight is 314 g/mol. The number of nitrogens with zero attached hydrogens (tertiary/aromatic N) is 3. The van der Waals surface area contributed by atoms with Gasteiger partial charge in [0.1, 0.15) is 15.7 Å².